The molecular weight excluding hydrogens is 276 g/mol. The Labute approximate surface area is 124 Å². The van der Waals surface area contributed by atoms with Crippen LogP contribution in [0.15, 0.2) is 0 Å². The first kappa shape index (κ1) is 15.6. The van der Waals surface area contributed by atoms with Gasteiger partial charge in [-0.2, -0.15) is 0 Å². The summed E-state index contributed by atoms with van der Waals surface area (Å²) in [5.74, 6) is 1.59. The second kappa shape index (κ2) is 6.80. The highest BCUT2D eigenvalue weighted by Crippen LogP contribution is 2.25. The van der Waals surface area contributed by atoms with Crippen molar-refractivity contribution in [1.29, 1.82) is 0 Å². The highest BCUT2D eigenvalue weighted by atomic mass is 32.2. The van der Waals surface area contributed by atoms with Crippen LogP contribution in [0.4, 0.5) is 0 Å². The normalized spacial score (nSPS) is 27.9. The van der Waals surface area contributed by atoms with Crippen LogP contribution in [-0.2, 0) is 14.3 Å². The largest absolute Gasteiger partial charge is 0.368 e. The van der Waals surface area contributed by atoms with Crippen LogP contribution in [0.1, 0.15) is 33.6 Å². The lowest BCUT2D eigenvalue weighted by Gasteiger charge is -2.27. The number of rotatable bonds is 4. The van der Waals surface area contributed by atoms with Gasteiger partial charge in [0.1, 0.15) is 12.1 Å². The van der Waals surface area contributed by atoms with E-state index in [0.29, 0.717) is 24.2 Å². The molecule has 2 fully saturated rings. The topological polar surface area (TPSA) is 58.6 Å². The van der Waals surface area contributed by atoms with Gasteiger partial charge in [-0.15, -0.1) is 11.8 Å². The summed E-state index contributed by atoms with van der Waals surface area (Å²) in [7, 11) is 0. The maximum absolute atomic E-state index is 12.4. The Kier molecular flexibility index (Phi) is 5.32. The van der Waals surface area contributed by atoms with Gasteiger partial charge in [-0.05, 0) is 25.7 Å². The lowest BCUT2D eigenvalue weighted by atomic mass is 10.1. The predicted octanol–water partition coefficient (Wildman–Crippen LogP) is 1.23. The number of thioether (sulfide) groups is 1. The van der Waals surface area contributed by atoms with Crippen LogP contribution < -0.4 is 5.32 Å². The predicted molar refractivity (Wildman–Crippen MR) is 79.4 cm³/mol. The maximum Gasteiger partial charge on any atom is 0.253 e. The summed E-state index contributed by atoms with van der Waals surface area (Å²) in [4.78, 5) is 26.4. The second-order valence-electron chi connectivity index (χ2n) is 5.87. The van der Waals surface area contributed by atoms with E-state index in [9.17, 15) is 9.59 Å². The van der Waals surface area contributed by atoms with E-state index in [2.05, 4.69) is 19.2 Å². The summed E-state index contributed by atoms with van der Waals surface area (Å²) in [5, 5.41) is 3.01. The first-order valence-electron chi connectivity index (χ1n) is 7.31. The monoisotopic (exact) mass is 300 g/mol. The van der Waals surface area contributed by atoms with E-state index in [1.807, 2.05) is 6.92 Å². The lowest BCUT2D eigenvalue weighted by Crippen LogP contribution is -2.52. The zero-order valence-electron chi connectivity index (χ0n) is 12.4. The van der Waals surface area contributed by atoms with E-state index in [1.165, 1.54) is 0 Å². The maximum atomic E-state index is 12.4. The molecule has 114 valence electrons. The first-order valence-corrected chi connectivity index (χ1v) is 8.46. The van der Waals surface area contributed by atoms with Gasteiger partial charge >= 0.3 is 0 Å². The Bertz CT molecular complexity index is 369. The SMILES string of the molecule is CC(C)[C@H](C)NC(=O)[C@@H]1CSCN1C(=O)[C@H]1CCCO1. The van der Waals surface area contributed by atoms with Crippen molar-refractivity contribution in [2.45, 2.75) is 51.8 Å². The van der Waals surface area contributed by atoms with Gasteiger partial charge in [-0.1, -0.05) is 13.8 Å². The molecule has 2 rings (SSSR count). The van der Waals surface area contributed by atoms with Crippen LogP contribution >= 0.6 is 11.8 Å². The van der Waals surface area contributed by atoms with Crippen molar-refractivity contribution in [2.75, 3.05) is 18.2 Å². The number of hydrogen-bond donors (Lipinski definition) is 1. The summed E-state index contributed by atoms with van der Waals surface area (Å²) >= 11 is 1.63. The van der Waals surface area contributed by atoms with E-state index in [1.54, 1.807) is 16.7 Å². The van der Waals surface area contributed by atoms with Crippen LogP contribution in [0.3, 0.4) is 0 Å². The van der Waals surface area contributed by atoms with E-state index in [0.717, 1.165) is 12.8 Å². The molecule has 2 saturated heterocycles. The number of amides is 2. The molecule has 6 heteroatoms. The average Bonchev–Trinajstić information content (AvgIpc) is 3.08. The summed E-state index contributed by atoms with van der Waals surface area (Å²) in [6.45, 7) is 6.79. The summed E-state index contributed by atoms with van der Waals surface area (Å²) in [5.41, 5.74) is 0. The summed E-state index contributed by atoms with van der Waals surface area (Å²) < 4.78 is 5.44. The third-order valence-corrected chi connectivity index (χ3v) is 5.06. The zero-order chi connectivity index (χ0) is 14.7. The average molecular weight is 300 g/mol. The van der Waals surface area contributed by atoms with E-state index < -0.39 is 0 Å². The number of nitrogens with one attached hydrogen (secondary N) is 1. The number of nitrogens with zero attached hydrogens (tertiary/aromatic N) is 1. The number of carbonyl (C=O) groups is 2. The molecule has 0 aromatic rings. The molecule has 0 aliphatic carbocycles. The van der Waals surface area contributed by atoms with E-state index in [4.69, 9.17) is 4.74 Å². The fourth-order valence-corrected chi connectivity index (χ4v) is 3.49. The molecule has 2 aliphatic rings. The minimum Gasteiger partial charge on any atom is -0.368 e. The smallest absolute Gasteiger partial charge is 0.253 e. The Morgan fingerprint density at radius 2 is 2.10 bits per heavy atom. The Morgan fingerprint density at radius 3 is 2.70 bits per heavy atom. The van der Waals surface area contributed by atoms with Gasteiger partial charge in [0.15, 0.2) is 0 Å². The van der Waals surface area contributed by atoms with Crippen LogP contribution in [-0.4, -0.2) is 53.1 Å². The van der Waals surface area contributed by atoms with Crippen LogP contribution in [0.2, 0.25) is 0 Å². The standard InChI is InChI=1S/C14H24N2O3S/c1-9(2)10(3)15-13(17)11-7-20-8-16(11)14(18)12-5-4-6-19-12/h9-12H,4-8H2,1-3H3,(H,15,17)/t10-,11-,12+/m0/s1. The van der Waals surface area contributed by atoms with Gasteiger partial charge < -0.3 is 15.0 Å². The van der Waals surface area contributed by atoms with Gasteiger partial charge in [0, 0.05) is 18.4 Å². The zero-order valence-corrected chi connectivity index (χ0v) is 13.2. The molecule has 20 heavy (non-hydrogen) atoms. The van der Waals surface area contributed by atoms with Crippen LogP contribution in [0.5, 0.6) is 0 Å². The fraction of sp³-hybridized carbons (Fsp3) is 0.857. The van der Waals surface area contributed by atoms with Gasteiger partial charge in [0.25, 0.3) is 5.91 Å². The second-order valence-corrected chi connectivity index (χ2v) is 6.87. The van der Waals surface area contributed by atoms with Crippen molar-refractivity contribution >= 4 is 23.6 Å². The van der Waals surface area contributed by atoms with Crippen molar-refractivity contribution in [3.63, 3.8) is 0 Å². The first-order chi connectivity index (χ1) is 9.50. The molecule has 0 spiro atoms. The highest BCUT2D eigenvalue weighted by Gasteiger charge is 2.39. The minimum absolute atomic E-state index is 0.0233. The van der Waals surface area contributed by atoms with E-state index in [-0.39, 0.29) is 30.0 Å². The quantitative estimate of drug-likeness (QED) is 0.848. The molecular formula is C14H24N2O3S. The molecule has 0 bridgehead atoms. The molecule has 2 heterocycles. The minimum atomic E-state index is -0.349. The van der Waals surface area contributed by atoms with Gasteiger partial charge in [-0.25, -0.2) is 0 Å². The summed E-state index contributed by atoms with van der Waals surface area (Å²) in [6, 6.07) is -0.231. The third kappa shape index (κ3) is 3.47. The number of carbonyl (C=O) groups excluding carboxylic acids is 2. The van der Waals surface area contributed by atoms with Gasteiger partial charge in [0.2, 0.25) is 5.91 Å². The molecule has 2 aliphatic heterocycles. The number of hydrogen-bond acceptors (Lipinski definition) is 4. The van der Waals surface area contributed by atoms with Crippen LogP contribution in [0, 0.1) is 5.92 Å². The fourth-order valence-electron chi connectivity index (χ4n) is 2.32. The third-order valence-electron chi connectivity index (χ3n) is 4.04. The molecule has 3 atom stereocenters. The molecule has 5 nitrogen and oxygen atoms in total. The van der Waals surface area contributed by atoms with Crippen molar-refractivity contribution in [1.82, 2.24) is 10.2 Å². The Balaban J connectivity index is 1.95. The van der Waals surface area contributed by atoms with Crippen molar-refractivity contribution in [3.05, 3.63) is 0 Å². The van der Waals surface area contributed by atoms with Crippen molar-refractivity contribution in [2.24, 2.45) is 5.92 Å². The molecule has 0 unspecified atom stereocenters. The highest BCUT2D eigenvalue weighted by molar-refractivity contribution is 7.99. The van der Waals surface area contributed by atoms with Gasteiger partial charge in [0.05, 0.1) is 5.88 Å². The van der Waals surface area contributed by atoms with E-state index >= 15 is 0 Å². The Hall–Kier alpha value is -0.750. The molecule has 2 amide bonds. The van der Waals surface area contributed by atoms with Crippen LogP contribution in [0.25, 0.3) is 0 Å². The Morgan fingerprint density at radius 1 is 1.35 bits per heavy atom. The molecule has 0 radical (unpaired) electrons. The van der Waals surface area contributed by atoms with Crippen molar-refractivity contribution in [3.8, 4) is 0 Å². The summed E-state index contributed by atoms with van der Waals surface area (Å²) in [6.07, 6.45) is 1.36. The lowest BCUT2D eigenvalue weighted by molar-refractivity contribution is -0.145. The molecule has 0 saturated carbocycles. The molecule has 0 aromatic carbocycles. The molecule has 1 N–H and O–H groups in total. The number of ether oxygens (including phenoxy) is 1. The van der Waals surface area contributed by atoms with Crippen molar-refractivity contribution < 1.29 is 14.3 Å². The molecule has 0 aromatic heterocycles. The van der Waals surface area contributed by atoms with Gasteiger partial charge in [-0.3, -0.25) is 9.59 Å².